The molecule has 1 atom stereocenters. The molecule has 0 saturated carbocycles. The van der Waals surface area contributed by atoms with Crippen molar-refractivity contribution in [1.82, 2.24) is 5.32 Å². The number of hydrogen-bond donors (Lipinski definition) is 2. The summed E-state index contributed by atoms with van der Waals surface area (Å²) in [5.74, 6) is -0.765. The Morgan fingerprint density at radius 2 is 1.86 bits per heavy atom. The molecule has 0 bridgehead atoms. The Kier molecular flexibility index (Phi) is 9.83. The lowest BCUT2D eigenvalue weighted by Crippen LogP contribution is -2.52. The number of hydrogen-bond acceptors (Lipinski definition) is 4. The minimum Gasteiger partial charge on any atom is -0.480 e. The van der Waals surface area contributed by atoms with Crippen LogP contribution in [0.2, 0.25) is 0 Å². The lowest BCUT2D eigenvalue weighted by molar-refractivity contribution is -0.145. The third-order valence-corrected chi connectivity index (χ3v) is 4.02. The number of nitrogens with one attached hydrogen (secondary N) is 1. The normalized spacial score (nSPS) is 14.9. The third-order valence-electron chi connectivity index (χ3n) is 4.02. The third kappa shape index (κ3) is 7.79. The minimum atomic E-state index is -0.814. The molecule has 0 aliphatic carbocycles. The smallest absolute Gasteiger partial charge is 0.323 e. The van der Waals surface area contributed by atoms with E-state index in [1.165, 1.54) is 0 Å². The van der Waals surface area contributed by atoms with E-state index in [9.17, 15) is 9.90 Å². The van der Waals surface area contributed by atoms with Crippen LogP contribution in [0.1, 0.15) is 59.8 Å². The fraction of sp³-hybridized carbons (Fsp3) is 0.938. The van der Waals surface area contributed by atoms with Gasteiger partial charge in [-0.1, -0.05) is 13.8 Å². The fourth-order valence-corrected chi connectivity index (χ4v) is 2.09. The molecule has 0 amide bonds. The molecule has 0 rings (SSSR count). The Morgan fingerprint density at radius 1 is 1.19 bits per heavy atom. The van der Waals surface area contributed by atoms with E-state index >= 15 is 0 Å². The molecule has 0 aromatic rings. The molecule has 0 fully saturated rings. The second-order valence-corrected chi connectivity index (χ2v) is 6.10. The van der Waals surface area contributed by atoms with Crippen molar-refractivity contribution in [3.8, 4) is 0 Å². The summed E-state index contributed by atoms with van der Waals surface area (Å²) in [5, 5.41) is 12.7. The maximum Gasteiger partial charge on any atom is 0.323 e. The monoisotopic (exact) mass is 303 g/mol. The molecular weight excluding hydrogens is 270 g/mol. The molecule has 21 heavy (non-hydrogen) atoms. The van der Waals surface area contributed by atoms with Crippen LogP contribution in [0.3, 0.4) is 0 Å². The van der Waals surface area contributed by atoms with Crippen LogP contribution in [-0.2, 0) is 14.3 Å². The Morgan fingerprint density at radius 3 is 2.33 bits per heavy atom. The lowest BCUT2D eigenvalue weighted by Gasteiger charge is -2.29. The van der Waals surface area contributed by atoms with Crippen molar-refractivity contribution in [1.29, 1.82) is 0 Å². The molecule has 1 unspecified atom stereocenters. The van der Waals surface area contributed by atoms with E-state index in [2.05, 4.69) is 5.32 Å². The highest BCUT2D eigenvalue weighted by Gasteiger charge is 2.35. The second kappa shape index (κ2) is 10.1. The maximum atomic E-state index is 11.5. The van der Waals surface area contributed by atoms with Crippen molar-refractivity contribution in [3.63, 3.8) is 0 Å². The number of methoxy groups -OCH3 is 1. The van der Waals surface area contributed by atoms with Gasteiger partial charge in [0.2, 0.25) is 0 Å². The molecule has 0 aliphatic heterocycles. The van der Waals surface area contributed by atoms with E-state index in [0.717, 1.165) is 25.8 Å². The van der Waals surface area contributed by atoms with Crippen LogP contribution in [-0.4, -0.2) is 49.1 Å². The van der Waals surface area contributed by atoms with Gasteiger partial charge in [0, 0.05) is 20.3 Å². The highest BCUT2D eigenvalue weighted by Crippen LogP contribution is 2.19. The van der Waals surface area contributed by atoms with Crippen molar-refractivity contribution in [2.75, 3.05) is 26.9 Å². The SMILES string of the molecule is CCCNC(CC)(CCCOCCC(C)(C)OC)C(=O)O. The maximum absolute atomic E-state index is 11.5. The molecule has 0 aromatic heterocycles. The predicted molar refractivity (Wildman–Crippen MR) is 84.7 cm³/mol. The quantitative estimate of drug-likeness (QED) is 0.512. The zero-order valence-corrected chi connectivity index (χ0v) is 14.3. The second-order valence-electron chi connectivity index (χ2n) is 6.10. The van der Waals surface area contributed by atoms with Crippen LogP contribution >= 0.6 is 0 Å². The van der Waals surface area contributed by atoms with E-state index in [-0.39, 0.29) is 5.60 Å². The van der Waals surface area contributed by atoms with Gasteiger partial charge in [0.15, 0.2) is 0 Å². The summed E-state index contributed by atoms with van der Waals surface area (Å²) in [5.41, 5.74) is -0.984. The van der Waals surface area contributed by atoms with Crippen LogP contribution in [0.25, 0.3) is 0 Å². The van der Waals surface area contributed by atoms with Crippen molar-refractivity contribution in [2.24, 2.45) is 0 Å². The molecule has 0 radical (unpaired) electrons. The minimum absolute atomic E-state index is 0.170. The summed E-state index contributed by atoms with van der Waals surface area (Å²) in [7, 11) is 1.70. The highest BCUT2D eigenvalue weighted by molar-refractivity contribution is 5.78. The van der Waals surface area contributed by atoms with Gasteiger partial charge in [-0.25, -0.2) is 0 Å². The van der Waals surface area contributed by atoms with Gasteiger partial charge in [0.25, 0.3) is 0 Å². The van der Waals surface area contributed by atoms with Crippen LogP contribution in [0.15, 0.2) is 0 Å². The molecule has 2 N–H and O–H groups in total. The topological polar surface area (TPSA) is 67.8 Å². The van der Waals surface area contributed by atoms with E-state index in [1.54, 1.807) is 7.11 Å². The molecule has 0 aliphatic rings. The first-order valence-electron chi connectivity index (χ1n) is 7.95. The fourth-order valence-electron chi connectivity index (χ4n) is 2.09. The molecule has 0 saturated heterocycles. The first-order chi connectivity index (χ1) is 9.83. The van der Waals surface area contributed by atoms with Crippen molar-refractivity contribution in [3.05, 3.63) is 0 Å². The summed E-state index contributed by atoms with van der Waals surface area (Å²) >= 11 is 0. The van der Waals surface area contributed by atoms with Crippen LogP contribution in [0.4, 0.5) is 0 Å². The van der Waals surface area contributed by atoms with E-state index in [4.69, 9.17) is 9.47 Å². The van der Waals surface area contributed by atoms with Gasteiger partial charge >= 0.3 is 5.97 Å². The Hall–Kier alpha value is -0.650. The van der Waals surface area contributed by atoms with E-state index in [1.807, 2.05) is 27.7 Å². The van der Waals surface area contributed by atoms with Crippen molar-refractivity contribution >= 4 is 5.97 Å². The summed E-state index contributed by atoms with van der Waals surface area (Å²) in [6.45, 7) is 9.95. The number of carboxylic acid groups (broad SMARTS) is 1. The van der Waals surface area contributed by atoms with Crippen LogP contribution in [0, 0.1) is 0 Å². The average Bonchev–Trinajstić information content (AvgIpc) is 2.45. The molecule has 0 heterocycles. The summed E-state index contributed by atoms with van der Waals surface area (Å²) < 4.78 is 10.9. The Bertz CT molecular complexity index is 294. The molecule has 5 nitrogen and oxygen atoms in total. The summed E-state index contributed by atoms with van der Waals surface area (Å²) in [6, 6.07) is 0. The molecule has 126 valence electrons. The number of ether oxygens (including phenoxy) is 2. The average molecular weight is 303 g/mol. The van der Waals surface area contributed by atoms with Crippen molar-refractivity contribution in [2.45, 2.75) is 70.9 Å². The molecular formula is C16H33NO4. The standard InChI is InChI=1S/C16H33NO4/c1-6-11-17-16(7-2,14(18)19)9-8-12-21-13-10-15(3,4)20-5/h17H,6-13H2,1-5H3,(H,18,19). The number of aliphatic carboxylic acids is 1. The van der Waals surface area contributed by atoms with Gasteiger partial charge in [-0.15, -0.1) is 0 Å². The summed E-state index contributed by atoms with van der Waals surface area (Å²) in [4.78, 5) is 11.5. The number of carbonyl (C=O) groups is 1. The van der Waals surface area contributed by atoms with Gasteiger partial charge < -0.3 is 19.9 Å². The first kappa shape index (κ1) is 20.3. The zero-order valence-electron chi connectivity index (χ0n) is 14.3. The van der Waals surface area contributed by atoms with Crippen molar-refractivity contribution < 1.29 is 19.4 Å². The van der Waals surface area contributed by atoms with Gasteiger partial charge in [0.05, 0.1) is 5.60 Å². The molecule has 5 heteroatoms. The van der Waals surface area contributed by atoms with E-state index < -0.39 is 11.5 Å². The number of carboxylic acids is 1. The van der Waals surface area contributed by atoms with Gasteiger partial charge in [-0.05, 0) is 52.5 Å². The van der Waals surface area contributed by atoms with Crippen LogP contribution in [0.5, 0.6) is 0 Å². The first-order valence-corrected chi connectivity index (χ1v) is 7.95. The van der Waals surface area contributed by atoms with Gasteiger partial charge in [-0.2, -0.15) is 0 Å². The highest BCUT2D eigenvalue weighted by atomic mass is 16.5. The predicted octanol–water partition coefficient (Wildman–Crippen LogP) is 2.83. The largest absolute Gasteiger partial charge is 0.480 e. The summed E-state index contributed by atoms with van der Waals surface area (Å²) in [6.07, 6.45) is 3.67. The van der Waals surface area contributed by atoms with Crippen LogP contribution < -0.4 is 5.32 Å². The molecule has 0 aromatic carbocycles. The lowest BCUT2D eigenvalue weighted by atomic mass is 9.90. The van der Waals surface area contributed by atoms with Gasteiger partial charge in [0.1, 0.15) is 5.54 Å². The van der Waals surface area contributed by atoms with Gasteiger partial charge in [-0.3, -0.25) is 4.79 Å². The zero-order chi connectivity index (χ0) is 16.4. The molecule has 0 spiro atoms. The Labute approximate surface area is 129 Å². The number of rotatable bonds is 13. The van der Waals surface area contributed by atoms with E-state index in [0.29, 0.717) is 26.1 Å². The Balaban J connectivity index is 4.07.